The first-order valence-corrected chi connectivity index (χ1v) is 7.28. The Bertz CT molecular complexity index is 593. The van der Waals surface area contributed by atoms with Gasteiger partial charge in [0.1, 0.15) is 6.04 Å². The molecule has 3 heteroatoms. The van der Waals surface area contributed by atoms with Gasteiger partial charge < -0.3 is 10.6 Å². The van der Waals surface area contributed by atoms with Crippen molar-refractivity contribution in [2.24, 2.45) is 0 Å². The van der Waals surface area contributed by atoms with E-state index < -0.39 is 0 Å². The van der Waals surface area contributed by atoms with Gasteiger partial charge in [0.25, 0.3) is 0 Å². The molecule has 2 N–H and O–H groups in total. The van der Waals surface area contributed by atoms with E-state index in [0.29, 0.717) is 5.92 Å². The number of rotatable bonds is 5. The van der Waals surface area contributed by atoms with E-state index in [4.69, 9.17) is 0 Å². The molecule has 0 spiro atoms. The number of hydrogen-bond donors (Lipinski definition) is 2. The molecule has 110 valence electrons. The second-order valence-corrected chi connectivity index (χ2v) is 5.50. The van der Waals surface area contributed by atoms with Crippen molar-refractivity contribution in [2.75, 3.05) is 10.6 Å². The molecule has 0 fully saturated rings. The number of anilines is 2. The highest BCUT2D eigenvalue weighted by Crippen LogP contribution is 2.19. The third kappa shape index (κ3) is 4.35. The summed E-state index contributed by atoms with van der Waals surface area (Å²) in [5, 5.41) is 6.14. The molecule has 2 aromatic carbocycles. The van der Waals surface area contributed by atoms with Crippen molar-refractivity contribution in [3.8, 4) is 0 Å². The zero-order chi connectivity index (χ0) is 15.2. The molecule has 0 radical (unpaired) electrons. The van der Waals surface area contributed by atoms with Crippen molar-refractivity contribution >= 4 is 17.3 Å². The van der Waals surface area contributed by atoms with Crippen LogP contribution in [-0.2, 0) is 4.79 Å². The average molecular weight is 282 g/mol. The number of carbonyl (C=O) groups is 1. The van der Waals surface area contributed by atoms with Crippen molar-refractivity contribution in [3.63, 3.8) is 0 Å². The van der Waals surface area contributed by atoms with Crippen LogP contribution in [0, 0.1) is 0 Å². The summed E-state index contributed by atoms with van der Waals surface area (Å²) in [6.45, 7) is 6.18. The Balaban J connectivity index is 1.99. The summed E-state index contributed by atoms with van der Waals surface area (Å²) in [6.07, 6.45) is 0. The zero-order valence-electron chi connectivity index (χ0n) is 12.8. The van der Waals surface area contributed by atoms with Crippen LogP contribution in [0.1, 0.15) is 32.3 Å². The summed E-state index contributed by atoms with van der Waals surface area (Å²) in [6, 6.07) is 17.4. The summed E-state index contributed by atoms with van der Waals surface area (Å²) < 4.78 is 0. The van der Waals surface area contributed by atoms with Gasteiger partial charge in [-0.05, 0) is 42.7 Å². The molecule has 0 saturated carbocycles. The third-order valence-electron chi connectivity index (χ3n) is 3.37. The minimum absolute atomic E-state index is 0.0452. The van der Waals surface area contributed by atoms with E-state index >= 15 is 0 Å². The van der Waals surface area contributed by atoms with Gasteiger partial charge in [-0.25, -0.2) is 0 Å². The molecule has 0 aliphatic rings. The minimum Gasteiger partial charge on any atom is -0.374 e. The van der Waals surface area contributed by atoms with Gasteiger partial charge in [-0.1, -0.05) is 44.2 Å². The predicted octanol–water partition coefficient (Wildman–Crippen LogP) is 4.25. The molecule has 21 heavy (non-hydrogen) atoms. The molecule has 2 rings (SSSR count). The lowest BCUT2D eigenvalue weighted by atomic mass is 10.0. The lowest BCUT2D eigenvalue weighted by molar-refractivity contribution is -0.116. The molecule has 0 saturated heterocycles. The number of nitrogens with one attached hydrogen (secondary N) is 2. The second kappa shape index (κ2) is 6.93. The van der Waals surface area contributed by atoms with Gasteiger partial charge in [-0.2, -0.15) is 0 Å². The van der Waals surface area contributed by atoms with Gasteiger partial charge in [0.15, 0.2) is 0 Å². The number of amides is 1. The molecule has 0 unspecified atom stereocenters. The van der Waals surface area contributed by atoms with Gasteiger partial charge >= 0.3 is 0 Å². The van der Waals surface area contributed by atoms with Gasteiger partial charge in [0, 0.05) is 11.4 Å². The molecule has 0 bridgehead atoms. The first-order chi connectivity index (χ1) is 10.1. The summed E-state index contributed by atoms with van der Waals surface area (Å²) in [5.74, 6) is 0.427. The normalized spacial score (nSPS) is 12.0. The van der Waals surface area contributed by atoms with E-state index in [1.807, 2.05) is 49.4 Å². The average Bonchev–Trinajstić information content (AvgIpc) is 2.48. The van der Waals surface area contributed by atoms with Crippen LogP contribution in [-0.4, -0.2) is 11.9 Å². The Labute approximate surface area is 126 Å². The minimum atomic E-state index is -0.299. The molecule has 0 aliphatic heterocycles. The van der Waals surface area contributed by atoms with Crippen LogP contribution in [0.25, 0.3) is 0 Å². The maximum Gasteiger partial charge on any atom is 0.246 e. The number of hydrogen-bond acceptors (Lipinski definition) is 2. The van der Waals surface area contributed by atoms with Crippen LogP contribution in [0.5, 0.6) is 0 Å². The highest BCUT2D eigenvalue weighted by atomic mass is 16.2. The summed E-state index contributed by atoms with van der Waals surface area (Å²) >= 11 is 0. The fraction of sp³-hybridized carbons (Fsp3) is 0.278. The van der Waals surface area contributed by atoms with Gasteiger partial charge in [-0.3, -0.25) is 4.79 Å². The number of benzene rings is 2. The molecule has 2 aromatic rings. The van der Waals surface area contributed by atoms with Crippen LogP contribution in [0.15, 0.2) is 54.6 Å². The molecule has 1 atom stereocenters. The topological polar surface area (TPSA) is 41.1 Å². The van der Waals surface area contributed by atoms with Crippen LogP contribution in [0.3, 0.4) is 0 Å². The van der Waals surface area contributed by atoms with Crippen molar-refractivity contribution in [1.82, 2.24) is 0 Å². The molecule has 0 aliphatic carbocycles. The summed E-state index contributed by atoms with van der Waals surface area (Å²) in [5.41, 5.74) is 3.04. The second-order valence-electron chi connectivity index (χ2n) is 5.50. The molecule has 1 amide bonds. The SMILES string of the molecule is CC(C)c1cccc(N[C@H](C)C(=O)Nc2ccccc2)c1. The maximum atomic E-state index is 12.2. The number of carbonyl (C=O) groups excluding carboxylic acids is 1. The van der Waals surface area contributed by atoms with E-state index in [0.717, 1.165) is 11.4 Å². The predicted molar refractivity (Wildman–Crippen MR) is 88.7 cm³/mol. The van der Waals surface area contributed by atoms with Gasteiger partial charge in [0.05, 0.1) is 0 Å². The Morgan fingerprint density at radius 3 is 2.24 bits per heavy atom. The van der Waals surface area contributed by atoms with E-state index in [2.05, 4.69) is 36.6 Å². The highest BCUT2D eigenvalue weighted by Gasteiger charge is 2.13. The maximum absolute atomic E-state index is 12.2. The summed E-state index contributed by atoms with van der Waals surface area (Å²) in [7, 11) is 0. The molecule has 3 nitrogen and oxygen atoms in total. The molecular formula is C18H22N2O. The van der Waals surface area contributed by atoms with E-state index in [9.17, 15) is 4.79 Å². The van der Waals surface area contributed by atoms with Crippen molar-refractivity contribution < 1.29 is 4.79 Å². The van der Waals surface area contributed by atoms with E-state index in [1.54, 1.807) is 0 Å². The van der Waals surface area contributed by atoms with Gasteiger partial charge in [0.2, 0.25) is 5.91 Å². The van der Waals surface area contributed by atoms with Crippen LogP contribution < -0.4 is 10.6 Å². The van der Waals surface area contributed by atoms with Crippen LogP contribution in [0.2, 0.25) is 0 Å². The zero-order valence-corrected chi connectivity index (χ0v) is 12.8. The Kier molecular flexibility index (Phi) is 4.99. The molecule has 0 aromatic heterocycles. The quantitative estimate of drug-likeness (QED) is 0.860. The number of para-hydroxylation sites is 1. The van der Waals surface area contributed by atoms with Crippen LogP contribution >= 0.6 is 0 Å². The lowest BCUT2D eigenvalue weighted by Gasteiger charge is -2.16. The fourth-order valence-electron chi connectivity index (χ4n) is 2.08. The van der Waals surface area contributed by atoms with E-state index in [1.165, 1.54) is 5.56 Å². The Hall–Kier alpha value is -2.29. The van der Waals surface area contributed by atoms with Crippen molar-refractivity contribution in [2.45, 2.75) is 32.7 Å². The smallest absolute Gasteiger partial charge is 0.246 e. The third-order valence-corrected chi connectivity index (χ3v) is 3.37. The largest absolute Gasteiger partial charge is 0.374 e. The Morgan fingerprint density at radius 2 is 1.57 bits per heavy atom. The van der Waals surface area contributed by atoms with E-state index in [-0.39, 0.29) is 11.9 Å². The fourth-order valence-corrected chi connectivity index (χ4v) is 2.08. The highest BCUT2D eigenvalue weighted by molar-refractivity contribution is 5.96. The lowest BCUT2D eigenvalue weighted by Crippen LogP contribution is -2.31. The first kappa shape index (κ1) is 15.1. The molecule has 0 heterocycles. The van der Waals surface area contributed by atoms with Crippen molar-refractivity contribution in [1.29, 1.82) is 0 Å². The first-order valence-electron chi connectivity index (χ1n) is 7.28. The van der Waals surface area contributed by atoms with Gasteiger partial charge in [-0.15, -0.1) is 0 Å². The molecular weight excluding hydrogens is 260 g/mol. The standard InChI is InChI=1S/C18H22N2O/c1-13(2)15-8-7-11-17(12-15)19-14(3)18(21)20-16-9-5-4-6-10-16/h4-14,19H,1-3H3,(H,20,21)/t14-/m1/s1. The van der Waals surface area contributed by atoms with Crippen molar-refractivity contribution in [3.05, 3.63) is 60.2 Å². The summed E-state index contributed by atoms with van der Waals surface area (Å²) in [4.78, 5) is 12.2. The van der Waals surface area contributed by atoms with Crippen LogP contribution in [0.4, 0.5) is 11.4 Å². The monoisotopic (exact) mass is 282 g/mol. The Morgan fingerprint density at radius 1 is 0.905 bits per heavy atom.